The van der Waals surface area contributed by atoms with Crippen LogP contribution in [0.2, 0.25) is 10.0 Å². The molecule has 0 atom stereocenters. The summed E-state index contributed by atoms with van der Waals surface area (Å²) in [4.78, 5) is 14.7. The van der Waals surface area contributed by atoms with E-state index in [1.165, 1.54) is 31.0 Å². The van der Waals surface area contributed by atoms with Gasteiger partial charge in [0.1, 0.15) is 32.8 Å². The van der Waals surface area contributed by atoms with Crippen LogP contribution in [-0.4, -0.2) is 180 Å². The third kappa shape index (κ3) is 22.8. The number of benzene rings is 6. The van der Waals surface area contributed by atoms with E-state index in [0.717, 1.165) is 184 Å². The molecule has 19 nitrogen and oxygen atoms in total. The number of alkyl halides is 3. The lowest BCUT2D eigenvalue weighted by Crippen LogP contribution is -2.52. The molecule has 0 bridgehead atoms. The van der Waals surface area contributed by atoms with Crippen molar-refractivity contribution in [1.29, 1.82) is 0 Å². The van der Waals surface area contributed by atoms with Crippen molar-refractivity contribution in [1.82, 2.24) is 28.9 Å². The SMILES string of the molecule is CC(C)Oc1ccccc1N1CCN(C2CCC(NS(=O)(=O)c3ccc(Cl)cc3Cl)CC2)CC1.CC(C)Oc1ccccc1N1CCN(C2CCC(NS(=O)(=O)c3cccc(C(F)(F)F)c3)CC2)CC1.COc1ccc(Br)cc1S(=O)(=O)NC1CCC(N2CCN(c3ccccc3OC(C)C)CC2)CC1. The molecule has 576 valence electrons. The highest BCUT2D eigenvalue weighted by Gasteiger charge is 2.37. The van der Waals surface area contributed by atoms with Gasteiger partial charge >= 0.3 is 6.18 Å². The molecule has 3 saturated heterocycles. The summed E-state index contributed by atoms with van der Waals surface area (Å²) in [6.45, 7) is 23.7. The first-order valence-electron chi connectivity index (χ1n) is 36.8. The van der Waals surface area contributed by atoms with Gasteiger partial charge in [0.2, 0.25) is 30.1 Å². The van der Waals surface area contributed by atoms with Crippen molar-refractivity contribution in [2.45, 2.75) is 194 Å². The zero-order valence-corrected chi connectivity index (χ0v) is 66.7. The molecular weight excluding hydrogens is 1510 g/mol. The smallest absolute Gasteiger partial charge is 0.416 e. The van der Waals surface area contributed by atoms with Gasteiger partial charge < -0.3 is 33.6 Å². The molecule has 28 heteroatoms. The lowest BCUT2D eigenvalue weighted by Gasteiger charge is -2.43. The molecule has 12 rings (SSSR count). The zero-order chi connectivity index (χ0) is 75.2. The maximum atomic E-state index is 13.0. The number of para-hydroxylation sites is 6. The largest absolute Gasteiger partial charge is 0.495 e. The molecule has 3 aliphatic heterocycles. The van der Waals surface area contributed by atoms with Crippen LogP contribution in [0.4, 0.5) is 30.2 Å². The molecule has 0 unspecified atom stereocenters. The van der Waals surface area contributed by atoms with E-state index in [1.54, 1.807) is 24.3 Å². The summed E-state index contributed by atoms with van der Waals surface area (Å²) in [6, 6.07) is 39.0. The first-order valence-corrected chi connectivity index (χ1v) is 42.8. The van der Waals surface area contributed by atoms with Gasteiger partial charge in [-0.25, -0.2) is 39.4 Å². The van der Waals surface area contributed by atoms with Gasteiger partial charge in [0.05, 0.1) is 58.0 Å². The maximum absolute atomic E-state index is 13.0. The van der Waals surface area contributed by atoms with Crippen LogP contribution in [-0.2, 0) is 36.2 Å². The minimum Gasteiger partial charge on any atom is -0.495 e. The van der Waals surface area contributed by atoms with Crippen molar-refractivity contribution in [2.24, 2.45) is 0 Å². The van der Waals surface area contributed by atoms with Crippen LogP contribution in [0.3, 0.4) is 0 Å². The first kappa shape index (κ1) is 81.9. The topological polar surface area (TPSA) is 195 Å². The Hall–Kier alpha value is -5.62. The molecule has 6 aliphatic rings. The lowest BCUT2D eigenvalue weighted by atomic mass is 9.90. The van der Waals surface area contributed by atoms with E-state index in [4.69, 9.17) is 42.1 Å². The second-order valence-electron chi connectivity index (χ2n) is 28.7. The summed E-state index contributed by atoms with van der Waals surface area (Å²) in [5, 5.41) is 0.562. The molecular formula is C77H103BrCl2F3N9O10S3. The van der Waals surface area contributed by atoms with Crippen molar-refractivity contribution in [2.75, 3.05) is 100 Å². The molecule has 6 aromatic rings. The average Bonchev–Trinajstić information content (AvgIpc) is 0.488. The van der Waals surface area contributed by atoms with Crippen molar-refractivity contribution >= 4 is 86.3 Å². The van der Waals surface area contributed by atoms with E-state index in [1.807, 2.05) is 56.3 Å². The average molecular weight is 1620 g/mol. The fourth-order valence-electron chi connectivity index (χ4n) is 15.1. The first-order chi connectivity index (χ1) is 50.0. The van der Waals surface area contributed by atoms with Gasteiger partial charge in [0.15, 0.2) is 0 Å². The molecule has 105 heavy (non-hydrogen) atoms. The van der Waals surface area contributed by atoms with E-state index < -0.39 is 41.8 Å². The molecule has 0 amide bonds. The molecule has 6 aromatic carbocycles. The third-order valence-electron chi connectivity index (χ3n) is 20.3. The monoisotopic (exact) mass is 1620 g/mol. The minimum atomic E-state index is -4.59. The van der Waals surface area contributed by atoms with Gasteiger partial charge in [-0.3, -0.25) is 14.7 Å². The Kier molecular flexibility index (Phi) is 29.0. The summed E-state index contributed by atoms with van der Waals surface area (Å²) in [5.41, 5.74) is 2.47. The van der Waals surface area contributed by atoms with Crippen LogP contribution < -0.4 is 47.8 Å². The van der Waals surface area contributed by atoms with Crippen LogP contribution in [0, 0.1) is 0 Å². The van der Waals surface area contributed by atoms with Crippen molar-refractivity contribution in [3.05, 3.63) is 154 Å². The van der Waals surface area contributed by atoms with Gasteiger partial charge in [0.25, 0.3) is 0 Å². The highest BCUT2D eigenvalue weighted by Crippen LogP contribution is 2.38. The number of methoxy groups -OCH3 is 1. The summed E-state index contributed by atoms with van der Waals surface area (Å²) in [5.74, 6) is 3.15. The zero-order valence-electron chi connectivity index (χ0n) is 61.1. The van der Waals surface area contributed by atoms with Gasteiger partial charge in [0, 0.05) is 124 Å². The summed E-state index contributed by atoms with van der Waals surface area (Å²) < 4.78 is 149. The van der Waals surface area contributed by atoms with E-state index in [9.17, 15) is 38.4 Å². The van der Waals surface area contributed by atoms with E-state index in [0.29, 0.717) is 52.3 Å². The molecule has 0 radical (unpaired) electrons. The summed E-state index contributed by atoms with van der Waals surface area (Å²) in [7, 11) is -9.86. The van der Waals surface area contributed by atoms with Gasteiger partial charge in [-0.15, -0.1) is 0 Å². The normalized spacial score (nSPS) is 22.0. The van der Waals surface area contributed by atoms with Crippen LogP contribution in [0.1, 0.15) is 124 Å². The van der Waals surface area contributed by atoms with E-state index in [2.05, 4.69) is 118 Å². The molecule has 0 spiro atoms. The number of rotatable bonds is 22. The predicted molar refractivity (Wildman–Crippen MR) is 416 cm³/mol. The highest BCUT2D eigenvalue weighted by atomic mass is 79.9. The fourth-order valence-corrected chi connectivity index (χ4v) is 20.6. The number of sulfonamides is 3. The summed E-state index contributed by atoms with van der Waals surface area (Å²) >= 11 is 15.4. The molecule has 3 N–H and O–H groups in total. The number of hydrogen-bond donors (Lipinski definition) is 3. The number of anilines is 3. The predicted octanol–water partition coefficient (Wildman–Crippen LogP) is 14.8. The number of nitrogens with zero attached hydrogens (tertiary/aromatic N) is 6. The highest BCUT2D eigenvalue weighted by molar-refractivity contribution is 9.10. The van der Waals surface area contributed by atoms with Gasteiger partial charge in [-0.2, -0.15) is 13.2 Å². The number of piperazine rings is 3. The Labute approximate surface area is 639 Å². The maximum Gasteiger partial charge on any atom is 0.416 e. The Morgan fingerprint density at radius 1 is 0.419 bits per heavy atom. The molecule has 3 aliphatic carbocycles. The van der Waals surface area contributed by atoms with Gasteiger partial charge in [-0.1, -0.05) is 81.6 Å². The Morgan fingerprint density at radius 2 is 0.781 bits per heavy atom. The van der Waals surface area contributed by atoms with Gasteiger partial charge in [-0.05, 0) is 210 Å². The Morgan fingerprint density at radius 3 is 1.13 bits per heavy atom. The van der Waals surface area contributed by atoms with Crippen LogP contribution in [0.15, 0.2) is 153 Å². The quantitative estimate of drug-likeness (QED) is 0.0580. The minimum absolute atomic E-state index is 0.0544. The number of ether oxygens (including phenoxy) is 4. The van der Waals surface area contributed by atoms with Crippen LogP contribution >= 0.6 is 39.1 Å². The Balaban J connectivity index is 0.000000169. The molecule has 0 aromatic heterocycles. The van der Waals surface area contributed by atoms with Crippen LogP contribution in [0.5, 0.6) is 23.0 Å². The number of halogens is 6. The lowest BCUT2D eigenvalue weighted by molar-refractivity contribution is -0.137. The van der Waals surface area contributed by atoms with E-state index in [-0.39, 0.29) is 56.1 Å². The standard InChI is InChI=1S/C26H36BrN3O4S.C26H34F3N3O3S.C25H33Cl2N3O3S/c1-19(2)34-24-7-5-4-6-23(24)30-16-14-29(15-17-30)22-11-9-21(10-12-22)28-35(31,32)26-18-20(27)8-13-25(26)33-3;1-19(2)35-25-9-4-3-8-24(25)32-16-14-31(15-17-32)22-12-10-21(11-13-22)30-36(33,34)23-7-5-6-20(18-23)26(27,28)29;1-18(2)33-24-6-4-3-5-23(24)30-15-13-29(14-16-30)21-10-8-20(9-11-21)28-34(31,32)25-12-7-19(26)17-22(25)27/h4-8,13,18-19,21-22,28H,9-12,14-17H2,1-3H3;3-9,18-19,21-22,30H,10-17H2,1-2H3;3-7,12,17-18,20-21,28H,8-11,13-16H2,1-2H3. The van der Waals surface area contributed by atoms with E-state index >= 15 is 0 Å². The van der Waals surface area contributed by atoms with Crippen LogP contribution in [0.25, 0.3) is 0 Å². The Bertz CT molecular complexity index is 4150. The number of hydrogen-bond acceptors (Lipinski definition) is 16. The van der Waals surface area contributed by atoms with Crippen molar-refractivity contribution in [3.8, 4) is 23.0 Å². The third-order valence-corrected chi connectivity index (χ3v) is 26.1. The number of nitrogens with one attached hydrogen (secondary N) is 3. The molecule has 6 fully saturated rings. The fraction of sp³-hybridized carbons (Fsp3) is 0.532. The second-order valence-corrected chi connectivity index (χ2v) is 35.6. The summed E-state index contributed by atoms with van der Waals surface area (Å²) in [6.07, 6.45) is 6.10. The molecule has 3 heterocycles. The second kappa shape index (κ2) is 37.2. The van der Waals surface area contributed by atoms with Crippen molar-refractivity contribution < 1.29 is 57.4 Å². The van der Waals surface area contributed by atoms with Crippen molar-refractivity contribution in [3.63, 3.8) is 0 Å². The molecule has 3 saturated carbocycles.